The predicted molar refractivity (Wildman–Crippen MR) is 72.8 cm³/mol. The Labute approximate surface area is 115 Å². The number of hydrogen-bond acceptors (Lipinski definition) is 5. The Morgan fingerprint density at radius 2 is 1.63 bits per heavy atom. The second kappa shape index (κ2) is 8.87. The minimum atomic E-state index is -0.145. The number of carbonyl (C=O) groups is 2. The Balaban J connectivity index is 2.08. The summed E-state index contributed by atoms with van der Waals surface area (Å²) in [4.78, 5) is 26.8. The third kappa shape index (κ3) is 6.54. The zero-order valence-corrected chi connectivity index (χ0v) is 12.0. The molecule has 0 unspecified atom stereocenters. The van der Waals surface area contributed by atoms with E-state index in [-0.39, 0.29) is 11.9 Å². The molecule has 0 saturated carbocycles. The van der Waals surface area contributed by atoms with Crippen LogP contribution in [0.3, 0.4) is 0 Å². The van der Waals surface area contributed by atoms with Crippen molar-refractivity contribution in [1.29, 1.82) is 0 Å². The van der Waals surface area contributed by atoms with E-state index in [1.54, 1.807) is 7.05 Å². The maximum absolute atomic E-state index is 11.1. The molecular formula is C13H25N3O3. The Hall–Kier alpha value is -1.14. The first kappa shape index (κ1) is 15.9. The second-order valence-corrected chi connectivity index (χ2v) is 4.79. The van der Waals surface area contributed by atoms with Gasteiger partial charge in [-0.15, -0.1) is 0 Å². The van der Waals surface area contributed by atoms with Gasteiger partial charge in [-0.25, -0.2) is 0 Å². The number of rotatable bonds is 7. The molecule has 1 saturated heterocycles. The zero-order chi connectivity index (χ0) is 14.1. The number of hydrogen-bond donors (Lipinski definition) is 1. The lowest BCUT2D eigenvalue weighted by molar-refractivity contribution is -0.141. The molecule has 1 fully saturated rings. The highest BCUT2D eigenvalue weighted by molar-refractivity contribution is 5.75. The van der Waals surface area contributed by atoms with Crippen molar-refractivity contribution in [2.24, 2.45) is 0 Å². The van der Waals surface area contributed by atoms with Crippen LogP contribution in [0.25, 0.3) is 0 Å². The summed E-state index contributed by atoms with van der Waals surface area (Å²) in [6.07, 6.45) is 1.97. The van der Waals surface area contributed by atoms with Crippen molar-refractivity contribution >= 4 is 11.9 Å². The van der Waals surface area contributed by atoms with Gasteiger partial charge in [0.05, 0.1) is 13.5 Å². The maximum Gasteiger partial charge on any atom is 0.306 e. The molecule has 19 heavy (non-hydrogen) atoms. The van der Waals surface area contributed by atoms with Crippen LogP contribution in [-0.2, 0) is 14.3 Å². The molecule has 0 aromatic carbocycles. The number of piperazine rings is 1. The molecule has 0 atom stereocenters. The summed E-state index contributed by atoms with van der Waals surface area (Å²) in [6.45, 7) is 5.73. The van der Waals surface area contributed by atoms with E-state index in [9.17, 15) is 9.59 Å². The normalized spacial score (nSPS) is 17.2. The molecule has 6 nitrogen and oxygen atoms in total. The molecule has 0 bridgehead atoms. The molecule has 1 amide bonds. The van der Waals surface area contributed by atoms with Crippen LogP contribution < -0.4 is 5.32 Å². The molecular weight excluding hydrogens is 246 g/mol. The molecule has 0 radical (unpaired) electrons. The lowest BCUT2D eigenvalue weighted by atomic mass is 10.2. The molecule has 0 aliphatic carbocycles. The summed E-state index contributed by atoms with van der Waals surface area (Å²) in [5.41, 5.74) is 0. The standard InChI is InChI=1S/C13H25N3O3/c1-14-12(17)4-3-6-15-8-10-16(11-9-15)7-5-13(18)19-2/h3-11H2,1-2H3,(H,14,17). The van der Waals surface area contributed by atoms with Gasteiger partial charge in [0.15, 0.2) is 0 Å². The van der Waals surface area contributed by atoms with Gasteiger partial charge in [0, 0.05) is 46.2 Å². The fourth-order valence-corrected chi connectivity index (χ4v) is 2.18. The van der Waals surface area contributed by atoms with Crippen molar-refractivity contribution in [2.45, 2.75) is 19.3 Å². The van der Waals surface area contributed by atoms with Gasteiger partial charge in [-0.05, 0) is 13.0 Å². The lowest BCUT2D eigenvalue weighted by Gasteiger charge is -2.34. The minimum absolute atomic E-state index is 0.108. The van der Waals surface area contributed by atoms with E-state index in [0.29, 0.717) is 12.8 Å². The van der Waals surface area contributed by atoms with E-state index >= 15 is 0 Å². The van der Waals surface area contributed by atoms with Gasteiger partial charge >= 0.3 is 5.97 Å². The van der Waals surface area contributed by atoms with Crippen LogP contribution in [0.1, 0.15) is 19.3 Å². The molecule has 110 valence electrons. The number of nitrogens with one attached hydrogen (secondary N) is 1. The van der Waals surface area contributed by atoms with E-state index in [1.165, 1.54) is 7.11 Å². The molecule has 6 heteroatoms. The van der Waals surface area contributed by atoms with Crippen LogP contribution in [0.5, 0.6) is 0 Å². The van der Waals surface area contributed by atoms with E-state index in [2.05, 4.69) is 19.9 Å². The number of amides is 1. The highest BCUT2D eigenvalue weighted by atomic mass is 16.5. The van der Waals surface area contributed by atoms with Crippen molar-refractivity contribution in [3.8, 4) is 0 Å². The third-order valence-corrected chi connectivity index (χ3v) is 3.48. The Morgan fingerprint density at radius 3 is 2.16 bits per heavy atom. The highest BCUT2D eigenvalue weighted by Crippen LogP contribution is 2.04. The van der Waals surface area contributed by atoms with Crippen LogP contribution in [0.15, 0.2) is 0 Å². The monoisotopic (exact) mass is 271 g/mol. The van der Waals surface area contributed by atoms with Gasteiger partial charge in [-0.3, -0.25) is 9.59 Å². The van der Waals surface area contributed by atoms with Gasteiger partial charge in [0.25, 0.3) is 0 Å². The smallest absolute Gasteiger partial charge is 0.306 e. The molecule has 1 heterocycles. The molecule has 1 N–H and O–H groups in total. The Bertz CT molecular complexity index is 289. The number of ether oxygens (including phenoxy) is 1. The first-order chi connectivity index (χ1) is 9.15. The van der Waals surface area contributed by atoms with Crippen molar-refractivity contribution in [1.82, 2.24) is 15.1 Å². The summed E-state index contributed by atoms with van der Waals surface area (Å²) in [5.74, 6) is -0.0373. The summed E-state index contributed by atoms with van der Waals surface area (Å²) in [7, 11) is 3.09. The van der Waals surface area contributed by atoms with Crippen LogP contribution >= 0.6 is 0 Å². The fourth-order valence-electron chi connectivity index (χ4n) is 2.18. The third-order valence-electron chi connectivity index (χ3n) is 3.48. The summed E-state index contributed by atoms with van der Waals surface area (Å²) in [5, 5.41) is 2.63. The first-order valence-corrected chi connectivity index (χ1v) is 6.88. The minimum Gasteiger partial charge on any atom is -0.469 e. The lowest BCUT2D eigenvalue weighted by Crippen LogP contribution is -2.47. The van der Waals surface area contributed by atoms with E-state index in [1.807, 2.05) is 0 Å². The number of esters is 1. The average molecular weight is 271 g/mol. The largest absolute Gasteiger partial charge is 0.469 e. The van der Waals surface area contributed by atoms with Gasteiger partial charge in [-0.1, -0.05) is 0 Å². The quantitative estimate of drug-likeness (QED) is 0.644. The molecule has 0 aromatic rings. The van der Waals surface area contributed by atoms with Crippen LogP contribution in [0, 0.1) is 0 Å². The summed E-state index contributed by atoms with van der Waals surface area (Å²) in [6, 6.07) is 0. The van der Waals surface area contributed by atoms with Crippen LogP contribution in [0.4, 0.5) is 0 Å². The maximum atomic E-state index is 11.1. The molecule has 0 aromatic heterocycles. The predicted octanol–water partition coefficient (Wildman–Crippen LogP) is -0.307. The number of nitrogens with zero attached hydrogens (tertiary/aromatic N) is 2. The van der Waals surface area contributed by atoms with Gasteiger partial charge in [-0.2, -0.15) is 0 Å². The Kier molecular flexibility index (Phi) is 7.43. The van der Waals surface area contributed by atoms with E-state index < -0.39 is 0 Å². The SMILES string of the molecule is CNC(=O)CCCN1CCN(CCC(=O)OC)CC1. The topological polar surface area (TPSA) is 61.9 Å². The van der Waals surface area contributed by atoms with Crippen LogP contribution in [0.2, 0.25) is 0 Å². The van der Waals surface area contributed by atoms with Crippen LogP contribution in [-0.4, -0.2) is 75.1 Å². The van der Waals surface area contributed by atoms with Crippen molar-refractivity contribution in [3.63, 3.8) is 0 Å². The zero-order valence-electron chi connectivity index (χ0n) is 12.0. The molecule has 1 aliphatic rings. The summed E-state index contributed by atoms with van der Waals surface area (Å²) >= 11 is 0. The number of methoxy groups -OCH3 is 1. The summed E-state index contributed by atoms with van der Waals surface area (Å²) < 4.78 is 4.63. The number of carbonyl (C=O) groups excluding carboxylic acids is 2. The van der Waals surface area contributed by atoms with Crippen molar-refractivity contribution < 1.29 is 14.3 Å². The molecule has 0 spiro atoms. The average Bonchev–Trinajstić information content (AvgIpc) is 2.45. The van der Waals surface area contributed by atoms with E-state index in [4.69, 9.17) is 0 Å². The first-order valence-electron chi connectivity index (χ1n) is 6.88. The van der Waals surface area contributed by atoms with Gasteiger partial charge < -0.3 is 19.9 Å². The fraction of sp³-hybridized carbons (Fsp3) is 0.846. The van der Waals surface area contributed by atoms with Crippen molar-refractivity contribution in [2.75, 3.05) is 53.4 Å². The van der Waals surface area contributed by atoms with Crippen molar-refractivity contribution in [3.05, 3.63) is 0 Å². The van der Waals surface area contributed by atoms with E-state index in [0.717, 1.165) is 45.7 Å². The molecule has 1 aliphatic heterocycles. The van der Waals surface area contributed by atoms with Gasteiger partial charge in [0.2, 0.25) is 5.91 Å². The Morgan fingerprint density at radius 1 is 1.05 bits per heavy atom. The second-order valence-electron chi connectivity index (χ2n) is 4.79. The van der Waals surface area contributed by atoms with Gasteiger partial charge in [0.1, 0.15) is 0 Å². The highest BCUT2D eigenvalue weighted by Gasteiger charge is 2.17. The molecule has 1 rings (SSSR count).